The second kappa shape index (κ2) is 14.5. The zero-order valence-corrected chi connectivity index (χ0v) is 26.1. The van der Waals surface area contributed by atoms with Crippen LogP contribution in [0.15, 0.2) is 78.9 Å². The molecule has 2 saturated heterocycles. The van der Waals surface area contributed by atoms with Crippen molar-refractivity contribution in [2.45, 2.75) is 32.7 Å². The molecule has 3 aromatic carbocycles. The van der Waals surface area contributed by atoms with Gasteiger partial charge in [-0.25, -0.2) is 4.79 Å². The first-order chi connectivity index (χ1) is 21.3. The lowest BCUT2D eigenvalue weighted by molar-refractivity contribution is -0.124. The summed E-state index contributed by atoms with van der Waals surface area (Å²) in [5, 5.41) is 3.29. The number of piperazine rings is 1. The van der Waals surface area contributed by atoms with Crippen LogP contribution < -0.4 is 15.1 Å². The number of hydrogen-bond donors (Lipinski definition) is 1. The second-order valence-electron chi connectivity index (χ2n) is 11.1. The molecular formula is C34H39N5O4S. The Morgan fingerprint density at radius 3 is 2.23 bits per heavy atom. The van der Waals surface area contributed by atoms with Crippen LogP contribution in [0.25, 0.3) is 0 Å². The Morgan fingerprint density at radius 2 is 1.57 bits per heavy atom. The Labute approximate surface area is 264 Å². The fourth-order valence-corrected chi connectivity index (χ4v) is 6.06. The molecule has 0 radical (unpaired) electrons. The lowest BCUT2D eigenvalue weighted by atomic mass is 10.1. The van der Waals surface area contributed by atoms with Crippen LogP contribution in [-0.4, -0.2) is 84.6 Å². The average molecular weight is 614 g/mol. The van der Waals surface area contributed by atoms with Gasteiger partial charge in [-0.3, -0.25) is 19.4 Å². The number of carbonyl (C=O) groups excluding carboxylic acids is 3. The van der Waals surface area contributed by atoms with Gasteiger partial charge in [0.25, 0.3) is 5.91 Å². The molecule has 230 valence electrons. The van der Waals surface area contributed by atoms with Crippen LogP contribution in [0.5, 0.6) is 0 Å². The molecule has 2 amide bonds. The molecule has 1 atom stereocenters. The molecule has 0 aliphatic carbocycles. The molecule has 0 bridgehead atoms. The number of hydrogen-bond acceptors (Lipinski definition) is 7. The van der Waals surface area contributed by atoms with Crippen molar-refractivity contribution in [3.8, 4) is 0 Å². The Balaban J connectivity index is 1.22. The molecule has 0 unspecified atom stereocenters. The Morgan fingerprint density at radius 1 is 0.886 bits per heavy atom. The number of anilines is 3. The van der Waals surface area contributed by atoms with E-state index in [1.54, 1.807) is 36.1 Å². The van der Waals surface area contributed by atoms with E-state index in [2.05, 4.69) is 39.4 Å². The van der Waals surface area contributed by atoms with E-state index in [1.807, 2.05) is 42.2 Å². The van der Waals surface area contributed by atoms with Gasteiger partial charge in [0.15, 0.2) is 5.11 Å². The van der Waals surface area contributed by atoms with Crippen molar-refractivity contribution in [1.82, 2.24) is 9.80 Å². The van der Waals surface area contributed by atoms with Gasteiger partial charge in [0, 0.05) is 44.1 Å². The van der Waals surface area contributed by atoms with Crippen molar-refractivity contribution in [3.63, 3.8) is 0 Å². The molecule has 10 heteroatoms. The van der Waals surface area contributed by atoms with E-state index in [0.29, 0.717) is 28.6 Å². The molecule has 5 rings (SSSR count). The minimum absolute atomic E-state index is 0.0449. The molecule has 0 spiro atoms. The number of para-hydroxylation sites is 1. The lowest BCUT2D eigenvalue weighted by Gasteiger charge is -2.36. The van der Waals surface area contributed by atoms with Gasteiger partial charge in [-0.1, -0.05) is 35.9 Å². The fraction of sp³-hybridized carbons (Fsp3) is 0.353. The van der Waals surface area contributed by atoms with E-state index in [0.717, 1.165) is 44.7 Å². The molecule has 2 fully saturated rings. The number of amides is 2. The molecule has 9 nitrogen and oxygen atoms in total. The molecule has 0 aromatic heterocycles. The monoisotopic (exact) mass is 613 g/mol. The quantitative estimate of drug-likeness (QED) is 0.246. The number of nitrogens with one attached hydrogen (secondary N) is 1. The molecule has 0 saturated carbocycles. The van der Waals surface area contributed by atoms with Gasteiger partial charge in [0.1, 0.15) is 6.04 Å². The average Bonchev–Trinajstić information content (AvgIpc) is 3.26. The predicted molar refractivity (Wildman–Crippen MR) is 177 cm³/mol. The maximum Gasteiger partial charge on any atom is 0.338 e. The minimum Gasteiger partial charge on any atom is -0.462 e. The first-order valence-corrected chi connectivity index (χ1v) is 15.6. The first kappa shape index (κ1) is 31.2. The highest BCUT2D eigenvalue weighted by Crippen LogP contribution is 2.28. The summed E-state index contributed by atoms with van der Waals surface area (Å²) in [7, 11) is 0. The molecule has 2 heterocycles. The maximum absolute atomic E-state index is 13.8. The fourth-order valence-electron chi connectivity index (χ4n) is 5.64. The summed E-state index contributed by atoms with van der Waals surface area (Å²) in [4.78, 5) is 47.2. The number of thiocarbonyl (C=S) groups is 1. The number of esters is 1. The number of aryl methyl sites for hydroxylation is 1. The summed E-state index contributed by atoms with van der Waals surface area (Å²) in [5.74, 6) is -0.925. The zero-order valence-electron chi connectivity index (χ0n) is 25.3. The van der Waals surface area contributed by atoms with Gasteiger partial charge in [-0.2, -0.15) is 0 Å². The summed E-state index contributed by atoms with van der Waals surface area (Å²) in [6, 6.07) is 23.9. The van der Waals surface area contributed by atoms with Crippen LogP contribution in [0, 0.1) is 6.92 Å². The van der Waals surface area contributed by atoms with Crippen LogP contribution >= 0.6 is 12.2 Å². The first-order valence-electron chi connectivity index (χ1n) is 15.1. The lowest BCUT2D eigenvalue weighted by Crippen LogP contribution is -2.47. The van der Waals surface area contributed by atoms with Gasteiger partial charge in [0.05, 0.1) is 24.3 Å². The second-order valence-corrected chi connectivity index (χ2v) is 11.4. The molecule has 2 aliphatic rings. The smallest absolute Gasteiger partial charge is 0.338 e. The third kappa shape index (κ3) is 7.43. The van der Waals surface area contributed by atoms with Crippen LogP contribution in [-0.2, 0) is 14.3 Å². The van der Waals surface area contributed by atoms with E-state index in [1.165, 1.54) is 5.69 Å². The van der Waals surface area contributed by atoms with E-state index in [4.69, 9.17) is 17.0 Å². The van der Waals surface area contributed by atoms with Gasteiger partial charge in [-0.05, 0) is 87.6 Å². The molecule has 3 aromatic rings. The third-order valence-electron chi connectivity index (χ3n) is 8.04. The van der Waals surface area contributed by atoms with Gasteiger partial charge in [0.2, 0.25) is 5.91 Å². The SMILES string of the molecule is CCOC(=O)c1ccc(NC(=O)C[C@H]2C(=O)N(c3ccc(C)cc3)C(=S)N2CCCN2CCN(c3ccccc3)CC2)cc1. The van der Waals surface area contributed by atoms with Crippen molar-refractivity contribution < 1.29 is 19.1 Å². The molecule has 1 N–H and O–H groups in total. The van der Waals surface area contributed by atoms with Crippen LogP contribution in [0.1, 0.15) is 35.7 Å². The zero-order chi connectivity index (χ0) is 31.1. The Hall–Kier alpha value is -4.28. The van der Waals surface area contributed by atoms with Gasteiger partial charge in [-0.15, -0.1) is 0 Å². The Kier molecular flexibility index (Phi) is 10.2. The predicted octanol–water partition coefficient (Wildman–Crippen LogP) is 4.71. The number of carbonyl (C=O) groups is 3. The standard InChI is InChI=1S/C34H39N5O4S/c1-3-43-33(42)26-12-14-27(15-13-26)35-31(40)24-30-32(41)39(29-16-10-25(2)11-17-29)34(44)38(30)19-7-18-36-20-22-37(23-21-36)28-8-5-4-6-9-28/h4-6,8-17,30H,3,7,18-24H2,1-2H3,(H,35,40)/t30-/m0/s1. The highest BCUT2D eigenvalue weighted by Gasteiger charge is 2.44. The van der Waals surface area contributed by atoms with Crippen molar-refractivity contribution >= 4 is 52.2 Å². The number of benzene rings is 3. The largest absolute Gasteiger partial charge is 0.462 e. The number of rotatable bonds is 11. The Bertz CT molecular complexity index is 1460. The number of nitrogens with zero attached hydrogens (tertiary/aromatic N) is 4. The number of ether oxygens (including phenoxy) is 1. The minimum atomic E-state index is -0.711. The normalized spacial score (nSPS) is 17.2. The van der Waals surface area contributed by atoms with Crippen molar-refractivity contribution in [2.24, 2.45) is 0 Å². The van der Waals surface area contributed by atoms with Crippen molar-refractivity contribution in [2.75, 3.05) is 61.0 Å². The van der Waals surface area contributed by atoms with Crippen molar-refractivity contribution in [3.05, 3.63) is 90.0 Å². The van der Waals surface area contributed by atoms with Crippen LogP contribution in [0.2, 0.25) is 0 Å². The summed E-state index contributed by atoms with van der Waals surface area (Å²) in [6.45, 7) is 9.35. The topological polar surface area (TPSA) is 85.4 Å². The summed E-state index contributed by atoms with van der Waals surface area (Å²) < 4.78 is 5.03. The van der Waals surface area contributed by atoms with Crippen molar-refractivity contribution in [1.29, 1.82) is 0 Å². The van der Waals surface area contributed by atoms with E-state index >= 15 is 0 Å². The summed E-state index contributed by atoms with van der Waals surface area (Å²) >= 11 is 5.85. The maximum atomic E-state index is 13.8. The van der Waals surface area contributed by atoms with E-state index in [-0.39, 0.29) is 24.8 Å². The van der Waals surface area contributed by atoms with E-state index < -0.39 is 12.0 Å². The van der Waals surface area contributed by atoms with Crippen LogP contribution in [0.4, 0.5) is 17.1 Å². The van der Waals surface area contributed by atoms with E-state index in [9.17, 15) is 14.4 Å². The summed E-state index contributed by atoms with van der Waals surface area (Å²) in [5.41, 5.74) is 3.97. The van der Waals surface area contributed by atoms with Gasteiger partial charge < -0.3 is 19.9 Å². The summed E-state index contributed by atoms with van der Waals surface area (Å²) in [6.07, 6.45) is 0.769. The molecular weight excluding hydrogens is 574 g/mol. The highest BCUT2D eigenvalue weighted by atomic mass is 32.1. The van der Waals surface area contributed by atoms with Gasteiger partial charge >= 0.3 is 5.97 Å². The molecule has 2 aliphatic heterocycles. The molecule has 44 heavy (non-hydrogen) atoms. The highest BCUT2D eigenvalue weighted by molar-refractivity contribution is 7.80. The van der Waals surface area contributed by atoms with Crippen LogP contribution in [0.3, 0.4) is 0 Å². The third-order valence-corrected chi connectivity index (χ3v) is 8.45.